The van der Waals surface area contributed by atoms with E-state index in [1.807, 2.05) is 0 Å². The summed E-state index contributed by atoms with van der Waals surface area (Å²) < 4.78 is 0. The Balaban J connectivity index is 2.26. The summed E-state index contributed by atoms with van der Waals surface area (Å²) in [6.45, 7) is 3.93. The number of carbonyl (C=O) groups excluding carboxylic acids is 1. The Kier molecular flexibility index (Phi) is 8.04. The summed E-state index contributed by atoms with van der Waals surface area (Å²) in [5.74, 6) is 0.319. The third-order valence-corrected chi connectivity index (χ3v) is 3.78. The van der Waals surface area contributed by atoms with Crippen LogP contribution in [-0.4, -0.2) is 5.78 Å². The van der Waals surface area contributed by atoms with Gasteiger partial charge >= 0.3 is 0 Å². The van der Waals surface area contributed by atoms with Crippen LogP contribution in [0.4, 0.5) is 0 Å². The molecule has 1 aliphatic carbocycles. The van der Waals surface area contributed by atoms with E-state index in [2.05, 4.69) is 6.58 Å². The molecule has 0 amide bonds. The normalized spacial score (nSPS) is 22.8. The van der Waals surface area contributed by atoms with Crippen LogP contribution in [0.5, 0.6) is 0 Å². The monoisotopic (exact) mass is 236 g/mol. The second kappa shape index (κ2) is 9.44. The van der Waals surface area contributed by atoms with Crippen LogP contribution < -0.4 is 0 Å². The van der Waals surface area contributed by atoms with E-state index in [1.165, 1.54) is 57.8 Å². The summed E-state index contributed by atoms with van der Waals surface area (Å²) >= 11 is 0. The molecule has 1 aliphatic rings. The van der Waals surface area contributed by atoms with Crippen LogP contribution in [-0.2, 0) is 4.79 Å². The SMILES string of the molecule is C=C1CCCCCCCCCCCCCC1=O. The van der Waals surface area contributed by atoms with Crippen LogP contribution in [0.3, 0.4) is 0 Å². The van der Waals surface area contributed by atoms with E-state index in [1.54, 1.807) is 0 Å². The fourth-order valence-electron chi connectivity index (χ4n) is 2.53. The molecule has 0 saturated heterocycles. The second-order valence-corrected chi connectivity index (χ2v) is 5.42. The molecule has 98 valence electrons. The largest absolute Gasteiger partial charge is 0.295 e. The van der Waals surface area contributed by atoms with Gasteiger partial charge in [-0.25, -0.2) is 0 Å². The highest BCUT2D eigenvalue weighted by molar-refractivity contribution is 5.94. The highest BCUT2D eigenvalue weighted by atomic mass is 16.1. The van der Waals surface area contributed by atoms with Crippen molar-refractivity contribution in [2.75, 3.05) is 0 Å². The van der Waals surface area contributed by atoms with Crippen LogP contribution in [0.1, 0.15) is 83.5 Å². The van der Waals surface area contributed by atoms with Gasteiger partial charge in [0.2, 0.25) is 0 Å². The third-order valence-electron chi connectivity index (χ3n) is 3.78. The molecular weight excluding hydrogens is 208 g/mol. The first kappa shape index (κ1) is 14.5. The summed E-state index contributed by atoms with van der Waals surface area (Å²) in [6.07, 6.45) is 16.0. The molecular formula is C16H28O. The molecule has 1 heteroatoms. The number of carbonyl (C=O) groups is 1. The molecule has 0 aromatic carbocycles. The van der Waals surface area contributed by atoms with Gasteiger partial charge in [-0.2, -0.15) is 0 Å². The van der Waals surface area contributed by atoms with Crippen molar-refractivity contribution in [2.24, 2.45) is 0 Å². The molecule has 0 N–H and O–H groups in total. The van der Waals surface area contributed by atoms with Gasteiger partial charge in [0.1, 0.15) is 0 Å². The lowest BCUT2D eigenvalue weighted by molar-refractivity contribution is -0.115. The van der Waals surface area contributed by atoms with Crippen LogP contribution in [0, 0.1) is 0 Å². The first-order valence-electron chi connectivity index (χ1n) is 7.51. The van der Waals surface area contributed by atoms with Crippen molar-refractivity contribution in [1.82, 2.24) is 0 Å². The third kappa shape index (κ3) is 7.36. The van der Waals surface area contributed by atoms with Crippen molar-refractivity contribution in [3.05, 3.63) is 12.2 Å². The Hall–Kier alpha value is -0.590. The van der Waals surface area contributed by atoms with Crippen molar-refractivity contribution in [3.63, 3.8) is 0 Å². The number of hydrogen-bond donors (Lipinski definition) is 0. The van der Waals surface area contributed by atoms with Gasteiger partial charge in [0.15, 0.2) is 5.78 Å². The van der Waals surface area contributed by atoms with Crippen LogP contribution in [0.15, 0.2) is 12.2 Å². The molecule has 0 radical (unpaired) electrons. The minimum atomic E-state index is 0.319. The van der Waals surface area contributed by atoms with Crippen LogP contribution >= 0.6 is 0 Å². The van der Waals surface area contributed by atoms with Crippen molar-refractivity contribution in [3.8, 4) is 0 Å². The lowest BCUT2D eigenvalue weighted by atomic mass is 10.0. The summed E-state index contributed by atoms with van der Waals surface area (Å²) in [6, 6.07) is 0. The minimum Gasteiger partial charge on any atom is -0.295 e. The minimum absolute atomic E-state index is 0.319. The lowest BCUT2D eigenvalue weighted by Gasteiger charge is -2.04. The fraction of sp³-hybridized carbons (Fsp3) is 0.812. The lowest BCUT2D eigenvalue weighted by Crippen LogP contribution is -2.01. The van der Waals surface area contributed by atoms with Gasteiger partial charge in [0.25, 0.3) is 0 Å². The van der Waals surface area contributed by atoms with Gasteiger partial charge in [-0.3, -0.25) is 4.79 Å². The molecule has 0 aromatic heterocycles. The molecule has 0 unspecified atom stereocenters. The van der Waals surface area contributed by atoms with Crippen molar-refractivity contribution >= 4 is 5.78 Å². The Bertz CT molecular complexity index is 206. The van der Waals surface area contributed by atoms with Crippen molar-refractivity contribution < 1.29 is 4.79 Å². The Morgan fingerprint density at radius 1 is 0.588 bits per heavy atom. The number of allylic oxidation sites excluding steroid dienone is 1. The molecule has 17 heavy (non-hydrogen) atoms. The summed E-state index contributed by atoms with van der Waals surface area (Å²) in [7, 11) is 0. The molecule has 0 spiro atoms. The zero-order valence-corrected chi connectivity index (χ0v) is 11.3. The van der Waals surface area contributed by atoms with Gasteiger partial charge in [-0.1, -0.05) is 64.4 Å². The highest BCUT2D eigenvalue weighted by Gasteiger charge is 2.06. The van der Waals surface area contributed by atoms with E-state index in [9.17, 15) is 4.79 Å². The maximum Gasteiger partial charge on any atom is 0.158 e. The Morgan fingerprint density at radius 2 is 0.941 bits per heavy atom. The Labute approximate surface area is 107 Å². The van der Waals surface area contributed by atoms with Gasteiger partial charge < -0.3 is 0 Å². The van der Waals surface area contributed by atoms with Crippen LogP contribution in [0.2, 0.25) is 0 Å². The molecule has 1 rings (SSSR count). The topological polar surface area (TPSA) is 17.1 Å². The summed E-state index contributed by atoms with van der Waals surface area (Å²) in [5, 5.41) is 0. The number of ketones is 1. The van der Waals surface area contributed by atoms with Crippen molar-refractivity contribution in [2.45, 2.75) is 83.5 Å². The quantitative estimate of drug-likeness (QED) is 0.528. The summed E-state index contributed by atoms with van der Waals surface area (Å²) in [4.78, 5) is 11.8. The average Bonchev–Trinajstić information content (AvgIpc) is 2.34. The number of rotatable bonds is 0. The first-order valence-corrected chi connectivity index (χ1v) is 7.51. The van der Waals surface area contributed by atoms with Gasteiger partial charge in [0, 0.05) is 6.42 Å². The van der Waals surface area contributed by atoms with E-state index in [0.29, 0.717) is 5.78 Å². The first-order chi connectivity index (χ1) is 8.30. The van der Waals surface area contributed by atoms with E-state index >= 15 is 0 Å². The highest BCUT2D eigenvalue weighted by Crippen LogP contribution is 2.17. The maximum absolute atomic E-state index is 11.8. The van der Waals surface area contributed by atoms with E-state index in [-0.39, 0.29) is 0 Å². The van der Waals surface area contributed by atoms with Crippen molar-refractivity contribution in [1.29, 1.82) is 0 Å². The summed E-state index contributed by atoms with van der Waals surface area (Å²) in [5.41, 5.74) is 0.875. The molecule has 1 nitrogen and oxygen atoms in total. The van der Waals surface area contributed by atoms with Gasteiger partial charge in [0.05, 0.1) is 0 Å². The van der Waals surface area contributed by atoms with Crippen LogP contribution in [0.25, 0.3) is 0 Å². The maximum atomic E-state index is 11.8. The number of hydrogen-bond acceptors (Lipinski definition) is 1. The van der Waals surface area contributed by atoms with Gasteiger partial charge in [-0.05, 0) is 24.8 Å². The predicted octanol–water partition coefficient (Wildman–Crippen LogP) is 5.20. The molecule has 0 bridgehead atoms. The fourth-order valence-corrected chi connectivity index (χ4v) is 2.53. The van der Waals surface area contributed by atoms with E-state index in [4.69, 9.17) is 0 Å². The zero-order valence-electron chi connectivity index (χ0n) is 11.3. The Morgan fingerprint density at radius 3 is 1.41 bits per heavy atom. The zero-order chi connectivity index (χ0) is 12.3. The van der Waals surface area contributed by atoms with E-state index in [0.717, 1.165) is 31.3 Å². The molecule has 0 heterocycles. The smallest absolute Gasteiger partial charge is 0.158 e. The molecule has 1 fully saturated rings. The molecule has 0 aromatic rings. The van der Waals surface area contributed by atoms with E-state index < -0.39 is 0 Å². The molecule has 1 saturated carbocycles. The molecule has 0 atom stereocenters. The standard InChI is InChI=1S/C16H28O/c1-15-13-11-9-7-5-3-2-4-6-8-10-12-14-16(15)17/h1-14H2. The predicted molar refractivity (Wildman–Crippen MR) is 74.2 cm³/mol. The number of Topliss-reactive ketones (excluding diaryl/α,β-unsaturated/α-hetero) is 1. The van der Waals surface area contributed by atoms with Gasteiger partial charge in [-0.15, -0.1) is 0 Å². The molecule has 0 aliphatic heterocycles. The second-order valence-electron chi connectivity index (χ2n) is 5.42. The average molecular weight is 236 g/mol.